The van der Waals surface area contributed by atoms with Gasteiger partial charge in [-0.1, -0.05) is 64.2 Å². The molecule has 3 heteroatoms. The van der Waals surface area contributed by atoms with Gasteiger partial charge in [-0.3, -0.25) is 0 Å². The summed E-state index contributed by atoms with van der Waals surface area (Å²) in [6.45, 7) is 13.4. The minimum Gasteiger partial charge on any atom is -0.165 e. The Bertz CT molecular complexity index is 351. The summed E-state index contributed by atoms with van der Waals surface area (Å²) in [4.78, 5) is 0. The minimum atomic E-state index is -0.379. The molecule has 17 heavy (non-hydrogen) atoms. The fraction of sp³-hybridized carbons (Fsp3) is 0.714. The van der Waals surface area contributed by atoms with E-state index in [-0.39, 0.29) is 16.4 Å². The van der Waals surface area contributed by atoms with E-state index in [9.17, 15) is 0 Å². The van der Waals surface area contributed by atoms with Crippen LogP contribution in [0.5, 0.6) is 0 Å². The lowest BCUT2D eigenvalue weighted by molar-refractivity contribution is 0.461. The van der Waals surface area contributed by atoms with Gasteiger partial charge in [0.2, 0.25) is 0 Å². The highest BCUT2D eigenvalue weighted by Crippen LogP contribution is 2.43. The summed E-state index contributed by atoms with van der Waals surface area (Å²) < 4.78 is 0. The van der Waals surface area contributed by atoms with E-state index in [1.54, 1.807) is 0 Å². The summed E-state index contributed by atoms with van der Waals surface area (Å²) in [6.07, 6.45) is 4.27. The van der Waals surface area contributed by atoms with Crippen molar-refractivity contribution in [3.63, 3.8) is 0 Å². The number of rotatable bonds is 1. The molecule has 0 nitrogen and oxygen atoms in total. The van der Waals surface area contributed by atoms with Gasteiger partial charge in [0.15, 0.2) is 0 Å². The van der Waals surface area contributed by atoms with Gasteiger partial charge in [-0.2, -0.15) is 22.9 Å². The van der Waals surface area contributed by atoms with Crippen molar-refractivity contribution in [3.8, 4) is 0 Å². The molecule has 0 bridgehead atoms. The molecular formula is C14H23BCl2. The second kappa shape index (κ2) is 5.01. The van der Waals surface area contributed by atoms with Crippen LogP contribution in [0.25, 0.3) is 0 Å². The average Bonchev–Trinajstić information content (AvgIpc) is 2.14. The first-order valence-corrected chi connectivity index (χ1v) is 7.11. The smallest absolute Gasteiger partial charge is 0.165 e. The second-order valence-electron chi connectivity index (χ2n) is 6.91. The normalized spacial score (nSPS) is 18.2. The van der Waals surface area contributed by atoms with Crippen LogP contribution in [0.15, 0.2) is 22.7 Å². The third kappa shape index (κ3) is 3.79. The molecule has 0 saturated carbocycles. The van der Waals surface area contributed by atoms with Crippen LogP contribution >= 0.6 is 22.9 Å². The molecule has 0 unspecified atom stereocenters. The molecular weight excluding hydrogens is 250 g/mol. The molecule has 1 rings (SSSR count). The fourth-order valence-electron chi connectivity index (χ4n) is 2.31. The van der Waals surface area contributed by atoms with E-state index in [4.69, 9.17) is 22.9 Å². The van der Waals surface area contributed by atoms with E-state index in [0.717, 1.165) is 12.8 Å². The average molecular weight is 273 g/mol. The quantitative estimate of drug-likeness (QED) is 0.431. The van der Waals surface area contributed by atoms with E-state index in [0.29, 0.717) is 0 Å². The third-order valence-corrected chi connectivity index (χ3v) is 3.98. The minimum absolute atomic E-state index is 0.150. The topological polar surface area (TPSA) is 0 Å². The van der Waals surface area contributed by atoms with Gasteiger partial charge in [-0.15, -0.1) is 0 Å². The molecule has 0 aromatic heterocycles. The predicted molar refractivity (Wildman–Crippen MR) is 80.7 cm³/mol. The molecule has 0 aromatic rings. The van der Waals surface area contributed by atoms with Crippen LogP contribution in [0.3, 0.4) is 0 Å². The molecule has 1 aliphatic rings. The highest BCUT2D eigenvalue weighted by Gasteiger charge is 2.31. The summed E-state index contributed by atoms with van der Waals surface area (Å²) in [6, 6.07) is 0. The summed E-state index contributed by atoms with van der Waals surface area (Å²) in [5, 5.41) is 0. The van der Waals surface area contributed by atoms with Crippen molar-refractivity contribution < 1.29 is 0 Å². The molecule has 0 atom stereocenters. The summed E-state index contributed by atoms with van der Waals surface area (Å²) in [7, 11) is 0. The Balaban J connectivity index is 3.08. The lowest BCUT2D eigenvalue weighted by Crippen LogP contribution is -2.22. The van der Waals surface area contributed by atoms with Crippen molar-refractivity contribution in [3.05, 3.63) is 22.7 Å². The van der Waals surface area contributed by atoms with Crippen molar-refractivity contribution in [1.82, 2.24) is 0 Å². The van der Waals surface area contributed by atoms with Crippen molar-refractivity contribution in [1.29, 1.82) is 0 Å². The molecule has 0 aromatic carbocycles. The van der Waals surface area contributed by atoms with Crippen molar-refractivity contribution in [2.45, 2.75) is 54.4 Å². The van der Waals surface area contributed by atoms with Gasteiger partial charge in [-0.25, -0.2) is 0 Å². The number of allylic oxidation sites excluding steroid dienone is 4. The second-order valence-corrected chi connectivity index (χ2v) is 8.01. The molecule has 0 heterocycles. The molecule has 0 saturated heterocycles. The van der Waals surface area contributed by atoms with Gasteiger partial charge in [0, 0.05) is 0 Å². The van der Waals surface area contributed by atoms with Gasteiger partial charge >= 0.3 is 5.54 Å². The zero-order chi connectivity index (χ0) is 13.4. The first-order valence-electron chi connectivity index (χ1n) is 6.23. The van der Waals surface area contributed by atoms with Gasteiger partial charge < -0.3 is 0 Å². The first-order chi connectivity index (χ1) is 7.53. The largest absolute Gasteiger partial charge is 0.379 e. The first kappa shape index (κ1) is 15.2. The molecule has 0 radical (unpaired) electrons. The number of hydrogen-bond acceptors (Lipinski definition) is 0. The standard InChI is InChI=1S/C14H23BCl2/c1-13(2,3)10-7-8-11(14(4,5)6)12(9-10)15(16)17/h7H,8-9H2,1-6H3. The summed E-state index contributed by atoms with van der Waals surface area (Å²) in [5.41, 5.74) is 4.05. The maximum Gasteiger partial charge on any atom is 0.379 e. The van der Waals surface area contributed by atoms with E-state index in [1.807, 2.05) is 0 Å². The number of halogens is 2. The molecule has 0 amide bonds. The highest BCUT2D eigenvalue weighted by molar-refractivity contribution is 7.37. The maximum absolute atomic E-state index is 6.15. The van der Waals surface area contributed by atoms with Crippen molar-refractivity contribution in [2.24, 2.45) is 10.8 Å². The Labute approximate surface area is 116 Å². The highest BCUT2D eigenvalue weighted by atomic mass is 35.5. The van der Waals surface area contributed by atoms with Crippen LogP contribution < -0.4 is 0 Å². The zero-order valence-corrected chi connectivity index (χ0v) is 13.3. The van der Waals surface area contributed by atoms with Gasteiger partial charge in [0.1, 0.15) is 0 Å². The van der Waals surface area contributed by atoms with Crippen molar-refractivity contribution >= 4 is 28.5 Å². The molecule has 0 N–H and O–H groups in total. The van der Waals surface area contributed by atoms with E-state index in [2.05, 4.69) is 47.6 Å². The maximum atomic E-state index is 6.15. The molecule has 1 aliphatic carbocycles. The van der Waals surface area contributed by atoms with Crippen LogP contribution in [-0.4, -0.2) is 5.54 Å². The Kier molecular flexibility index (Phi) is 4.48. The van der Waals surface area contributed by atoms with Crippen LogP contribution in [0.2, 0.25) is 0 Å². The third-order valence-electron chi connectivity index (χ3n) is 3.45. The predicted octanol–water partition coefficient (Wildman–Crippen LogP) is 5.60. The van der Waals surface area contributed by atoms with E-state index >= 15 is 0 Å². The summed E-state index contributed by atoms with van der Waals surface area (Å²) >= 11 is 12.3. The van der Waals surface area contributed by atoms with Crippen LogP contribution in [-0.2, 0) is 0 Å². The van der Waals surface area contributed by atoms with Crippen molar-refractivity contribution in [2.75, 3.05) is 0 Å². The van der Waals surface area contributed by atoms with Gasteiger partial charge in [-0.05, 0) is 23.7 Å². The summed E-state index contributed by atoms with van der Waals surface area (Å²) in [5.74, 6) is 0. The monoisotopic (exact) mass is 272 g/mol. The van der Waals surface area contributed by atoms with E-state index < -0.39 is 0 Å². The van der Waals surface area contributed by atoms with E-state index in [1.165, 1.54) is 16.6 Å². The SMILES string of the molecule is CC(C)(C)C1=CCC(C(C)(C)C)=C(B(Cl)Cl)C1. The van der Waals surface area contributed by atoms with Crippen LogP contribution in [0.1, 0.15) is 54.4 Å². The Hall–Kier alpha value is 0.125. The molecule has 0 aliphatic heterocycles. The molecule has 0 fully saturated rings. The van der Waals surface area contributed by atoms with Crippen LogP contribution in [0.4, 0.5) is 0 Å². The van der Waals surface area contributed by atoms with Gasteiger partial charge in [0.25, 0.3) is 0 Å². The Morgan fingerprint density at radius 2 is 1.53 bits per heavy atom. The van der Waals surface area contributed by atoms with Crippen LogP contribution in [0, 0.1) is 10.8 Å². The fourth-order valence-corrected chi connectivity index (χ4v) is 2.73. The Morgan fingerprint density at radius 1 is 1.00 bits per heavy atom. The molecule has 0 spiro atoms. The number of hydrogen-bond donors (Lipinski definition) is 0. The Morgan fingerprint density at radius 3 is 1.88 bits per heavy atom. The zero-order valence-electron chi connectivity index (χ0n) is 11.8. The lowest BCUT2D eigenvalue weighted by Gasteiger charge is -2.34. The molecule has 96 valence electrons. The van der Waals surface area contributed by atoms with Gasteiger partial charge in [0.05, 0.1) is 0 Å². The lowest BCUT2D eigenvalue weighted by atomic mass is 9.66.